The summed E-state index contributed by atoms with van der Waals surface area (Å²) in [6.45, 7) is 4.29. The molecule has 7 heteroatoms. The van der Waals surface area contributed by atoms with Crippen molar-refractivity contribution >= 4 is 44.7 Å². The summed E-state index contributed by atoms with van der Waals surface area (Å²) in [5.41, 5.74) is 2.52. The Hall–Kier alpha value is -1.70. The van der Waals surface area contributed by atoms with E-state index < -0.39 is 0 Å². The van der Waals surface area contributed by atoms with Crippen molar-refractivity contribution in [2.24, 2.45) is 5.84 Å². The molecule has 5 nitrogen and oxygen atoms in total. The molecule has 3 aromatic heterocycles. The van der Waals surface area contributed by atoms with Gasteiger partial charge in [-0.3, -0.25) is 5.43 Å². The first-order chi connectivity index (χ1) is 10.2. The highest BCUT2D eigenvalue weighted by molar-refractivity contribution is 7.16. The van der Waals surface area contributed by atoms with Crippen LogP contribution < -0.4 is 16.6 Å². The summed E-state index contributed by atoms with van der Waals surface area (Å²) in [5, 5.41) is 6.52. The zero-order valence-corrected chi connectivity index (χ0v) is 13.5. The summed E-state index contributed by atoms with van der Waals surface area (Å²) in [6.07, 6.45) is 0.972. The number of nitrogens with two attached hydrogens (primary N) is 1. The molecule has 1 unspecified atom stereocenters. The van der Waals surface area contributed by atoms with E-state index in [0.29, 0.717) is 5.95 Å². The summed E-state index contributed by atoms with van der Waals surface area (Å²) >= 11 is 3.42. The fourth-order valence-electron chi connectivity index (χ4n) is 2.21. The standard InChI is InChI=1S/C14H17N5S2/c1-8(7-10-4-3-9(2)21-10)16-12-11-5-6-20-13(11)18-14(17-12)19-15/h3-6,8H,7,15H2,1-2H3,(H2,16,17,18,19). The number of rotatable bonds is 5. The van der Waals surface area contributed by atoms with Gasteiger partial charge in [-0.1, -0.05) is 0 Å². The van der Waals surface area contributed by atoms with Crippen molar-refractivity contribution in [1.29, 1.82) is 0 Å². The number of thiophene rings is 2. The molecule has 110 valence electrons. The Kier molecular flexibility index (Phi) is 4.05. The second-order valence-electron chi connectivity index (χ2n) is 4.94. The Labute approximate surface area is 131 Å². The van der Waals surface area contributed by atoms with Crippen molar-refractivity contribution < 1.29 is 0 Å². The highest BCUT2D eigenvalue weighted by atomic mass is 32.1. The molecular weight excluding hydrogens is 302 g/mol. The van der Waals surface area contributed by atoms with Gasteiger partial charge >= 0.3 is 0 Å². The van der Waals surface area contributed by atoms with Crippen LogP contribution >= 0.6 is 22.7 Å². The van der Waals surface area contributed by atoms with Crippen LogP contribution in [0.3, 0.4) is 0 Å². The van der Waals surface area contributed by atoms with E-state index in [4.69, 9.17) is 5.84 Å². The van der Waals surface area contributed by atoms with Crippen LogP contribution in [0, 0.1) is 6.92 Å². The zero-order chi connectivity index (χ0) is 14.8. The minimum Gasteiger partial charge on any atom is -0.367 e. The average molecular weight is 319 g/mol. The van der Waals surface area contributed by atoms with Crippen molar-refractivity contribution in [3.8, 4) is 0 Å². The van der Waals surface area contributed by atoms with E-state index in [0.717, 1.165) is 22.5 Å². The van der Waals surface area contributed by atoms with Crippen LogP contribution in [0.2, 0.25) is 0 Å². The summed E-state index contributed by atoms with van der Waals surface area (Å²) in [6, 6.07) is 6.66. The van der Waals surface area contributed by atoms with Gasteiger partial charge in [0.2, 0.25) is 5.95 Å². The fraction of sp³-hybridized carbons (Fsp3) is 0.286. The number of aromatic nitrogens is 2. The topological polar surface area (TPSA) is 75.9 Å². The smallest absolute Gasteiger partial charge is 0.240 e. The SMILES string of the molecule is Cc1ccc(CC(C)Nc2nc(NN)nc3sccc23)s1. The molecule has 0 aliphatic heterocycles. The molecule has 0 spiro atoms. The van der Waals surface area contributed by atoms with Crippen molar-refractivity contribution in [2.75, 3.05) is 10.7 Å². The molecule has 21 heavy (non-hydrogen) atoms. The lowest BCUT2D eigenvalue weighted by atomic mass is 10.2. The molecule has 0 saturated heterocycles. The largest absolute Gasteiger partial charge is 0.367 e. The molecule has 0 bridgehead atoms. The lowest BCUT2D eigenvalue weighted by molar-refractivity contribution is 0.796. The minimum atomic E-state index is 0.284. The summed E-state index contributed by atoms with van der Waals surface area (Å²) < 4.78 is 0. The monoisotopic (exact) mass is 319 g/mol. The lowest BCUT2D eigenvalue weighted by Gasteiger charge is -2.15. The van der Waals surface area contributed by atoms with E-state index in [-0.39, 0.29) is 6.04 Å². The average Bonchev–Trinajstić information content (AvgIpc) is 3.07. The maximum absolute atomic E-state index is 5.44. The summed E-state index contributed by atoms with van der Waals surface area (Å²) in [4.78, 5) is 12.4. The number of anilines is 2. The Morgan fingerprint density at radius 2 is 2.14 bits per heavy atom. The van der Waals surface area contributed by atoms with Crippen molar-refractivity contribution in [1.82, 2.24) is 9.97 Å². The van der Waals surface area contributed by atoms with E-state index in [9.17, 15) is 0 Å². The molecule has 1 atom stereocenters. The van der Waals surface area contributed by atoms with Crippen LogP contribution in [0.25, 0.3) is 10.2 Å². The van der Waals surface area contributed by atoms with Crippen molar-refractivity contribution in [3.63, 3.8) is 0 Å². The first-order valence-electron chi connectivity index (χ1n) is 6.69. The van der Waals surface area contributed by atoms with E-state index in [1.165, 1.54) is 9.75 Å². The normalized spacial score (nSPS) is 12.5. The number of nitrogens with zero attached hydrogens (tertiary/aromatic N) is 2. The number of hydrazine groups is 1. The quantitative estimate of drug-likeness (QED) is 0.496. The Morgan fingerprint density at radius 1 is 1.29 bits per heavy atom. The predicted octanol–water partition coefficient (Wildman–Crippen LogP) is 3.39. The zero-order valence-electron chi connectivity index (χ0n) is 11.9. The highest BCUT2D eigenvalue weighted by Crippen LogP contribution is 2.27. The molecule has 3 heterocycles. The number of nitrogens with one attached hydrogen (secondary N) is 2. The number of nitrogen functional groups attached to an aromatic ring is 1. The lowest BCUT2D eigenvalue weighted by Crippen LogP contribution is -2.19. The highest BCUT2D eigenvalue weighted by Gasteiger charge is 2.12. The number of fused-ring (bicyclic) bond motifs is 1. The van der Waals surface area contributed by atoms with Crippen LogP contribution in [0.1, 0.15) is 16.7 Å². The van der Waals surface area contributed by atoms with Crippen LogP contribution in [0.4, 0.5) is 11.8 Å². The van der Waals surface area contributed by atoms with E-state index in [1.54, 1.807) is 11.3 Å². The molecule has 0 aliphatic carbocycles. The molecule has 0 aromatic carbocycles. The van der Waals surface area contributed by atoms with Crippen LogP contribution in [0.5, 0.6) is 0 Å². The van der Waals surface area contributed by atoms with E-state index in [2.05, 4.69) is 46.7 Å². The first-order valence-corrected chi connectivity index (χ1v) is 8.39. The summed E-state index contributed by atoms with van der Waals surface area (Å²) in [7, 11) is 0. The Balaban J connectivity index is 1.81. The molecular formula is C14H17N5S2. The van der Waals surface area contributed by atoms with Crippen molar-refractivity contribution in [3.05, 3.63) is 33.3 Å². The summed E-state index contributed by atoms with van der Waals surface area (Å²) in [5.74, 6) is 6.70. The number of hydrogen-bond donors (Lipinski definition) is 3. The molecule has 0 fully saturated rings. The van der Waals surface area contributed by atoms with Gasteiger partial charge in [0.15, 0.2) is 0 Å². The van der Waals surface area contributed by atoms with Crippen LogP contribution in [-0.4, -0.2) is 16.0 Å². The maximum atomic E-state index is 5.44. The van der Waals surface area contributed by atoms with Gasteiger partial charge in [-0.05, 0) is 37.4 Å². The van der Waals surface area contributed by atoms with Gasteiger partial charge in [0, 0.05) is 22.2 Å². The fourth-order valence-corrected chi connectivity index (χ4v) is 3.99. The molecule has 3 rings (SSSR count). The molecule has 0 amide bonds. The molecule has 0 aliphatic rings. The maximum Gasteiger partial charge on any atom is 0.240 e. The third-order valence-corrected chi connectivity index (χ3v) is 4.97. The van der Waals surface area contributed by atoms with E-state index in [1.807, 2.05) is 22.8 Å². The van der Waals surface area contributed by atoms with Crippen LogP contribution in [0.15, 0.2) is 23.6 Å². The second-order valence-corrected chi connectivity index (χ2v) is 7.21. The number of hydrogen-bond acceptors (Lipinski definition) is 7. The van der Waals surface area contributed by atoms with Gasteiger partial charge in [-0.2, -0.15) is 4.98 Å². The van der Waals surface area contributed by atoms with E-state index >= 15 is 0 Å². The molecule has 4 N–H and O–H groups in total. The van der Waals surface area contributed by atoms with Gasteiger partial charge < -0.3 is 5.32 Å². The van der Waals surface area contributed by atoms with Gasteiger partial charge in [0.1, 0.15) is 10.6 Å². The minimum absolute atomic E-state index is 0.284. The second kappa shape index (κ2) is 5.97. The van der Waals surface area contributed by atoms with Crippen molar-refractivity contribution in [2.45, 2.75) is 26.3 Å². The van der Waals surface area contributed by atoms with Crippen LogP contribution in [-0.2, 0) is 6.42 Å². The van der Waals surface area contributed by atoms with Gasteiger partial charge in [-0.15, -0.1) is 22.7 Å². The predicted molar refractivity (Wildman–Crippen MR) is 91.1 cm³/mol. The molecule has 0 radical (unpaired) electrons. The Bertz CT molecular complexity index is 749. The first kappa shape index (κ1) is 14.2. The molecule has 3 aromatic rings. The van der Waals surface area contributed by atoms with Gasteiger partial charge in [0.25, 0.3) is 0 Å². The third kappa shape index (κ3) is 3.15. The number of aryl methyl sites for hydroxylation is 1. The van der Waals surface area contributed by atoms with Gasteiger partial charge in [-0.25, -0.2) is 10.8 Å². The molecule has 0 saturated carbocycles. The van der Waals surface area contributed by atoms with Gasteiger partial charge in [0.05, 0.1) is 5.39 Å². The third-order valence-electron chi connectivity index (χ3n) is 3.14. The Morgan fingerprint density at radius 3 is 2.86 bits per heavy atom.